The molecule has 0 radical (unpaired) electrons. The number of ketones is 1. The van der Waals surface area contributed by atoms with Gasteiger partial charge in [0.15, 0.2) is 5.78 Å². The molecule has 0 saturated heterocycles. The second-order valence-electron chi connectivity index (χ2n) is 4.76. The van der Waals surface area contributed by atoms with Crippen LogP contribution in [0.1, 0.15) is 48.5 Å². The number of hydrogen-bond donors (Lipinski definition) is 1. The Morgan fingerprint density at radius 2 is 1.86 bits per heavy atom. The van der Waals surface area contributed by atoms with Crippen molar-refractivity contribution in [1.29, 1.82) is 0 Å². The van der Waals surface area contributed by atoms with Gasteiger partial charge in [0.2, 0.25) is 0 Å². The van der Waals surface area contributed by atoms with E-state index >= 15 is 0 Å². The van der Waals surface area contributed by atoms with E-state index in [0.29, 0.717) is 12.2 Å². The summed E-state index contributed by atoms with van der Waals surface area (Å²) < 4.78 is 5.08. The maximum Gasteiger partial charge on any atom is 0.330 e. The molecule has 0 aliphatic heterocycles. The first-order valence-electron chi connectivity index (χ1n) is 7.26. The average Bonchev–Trinajstić information content (AvgIpc) is 2.52. The van der Waals surface area contributed by atoms with Crippen LogP contribution >= 0.6 is 0 Å². The average molecular weight is 290 g/mol. The molecule has 4 nitrogen and oxygen atoms in total. The second kappa shape index (κ2) is 9.88. The predicted molar refractivity (Wildman–Crippen MR) is 82.0 cm³/mol. The molecule has 1 N–H and O–H groups in total. The van der Waals surface area contributed by atoms with E-state index in [9.17, 15) is 9.59 Å². The standard InChI is InChI=1S/C17H22O4/c1-2-3-4-5-12-21-17(20)11-8-14-6-9-15(10-7-14)16(19)13-18/h6-11,18H,2-5,12-13H2,1H3/b11-8+. The van der Waals surface area contributed by atoms with Crippen molar-refractivity contribution in [3.63, 3.8) is 0 Å². The molecular formula is C17H22O4. The van der Waals surface area contributed by atoms with Crippen LogP contribution in [0.25, 0.3) is 6.08 Å². The summed E-state index contributed by atoms with van der Waals surface area (Å²) in [5.74, 6) is -0.681. The molecule has 1 rings (SSSR count). The van der Waals surface area contributed by atoms with E-state index in [1.54, 1.807) is 30.3 Å². The summed E-state index contributed by atoms with van der Waals surface area (Å²) in [5.41, 5.74) is 1.25. The number of unbranched alkanes of at least 4 members (excludes halogenated alkanes) is 3. The van der Waals surface area contributed by atoms with Crippen LogP contribution in [-0.4, -0.2) is 30.1 Å². The lowest BCUT2D eigenvalue weighted by Gasteiger charge is -2.01. The predicted octanol–water partition coefficient (Wildman–Crippen LogP) is 3.00. The van der Waals surface area contributed by atoms with Crippen molar-refractivity contribution in [2.24, 2.45) is 0 Å². The molecule has 0 bridgehead atoms. The summed E-state index contributed by atoms with van der Waals surface area (Å²) in [7, 11) is 0. The van der Waals surface area contributed by atoms with Crippen molar-refractivity contribution in [2.75, 3.05) is 13.2 Å². The molecule has 114 valence electrons. The molecule has 1 aromatic carbocycles. The molecule has 0 amide bonds. The summed E-state index contributed by atoms with van der Waals surface area (Å²) in [4.78, 5) is 22.7. The molecule has 0 fully saturated rings. The van der Waals surface area contributed by atoms with Gasteiger partial charge in [0.05, 0.1) is 6.61 Å². The Bertz CT molecular complexity index is 474. The van der Waals surface area contributed by atoms with Crippen molar-refractivity contribution in [1.82, 2.24) is 0 Å². The van der Waals surface area contributed by atoms with Gasteiger partial charge in [-0.25, -0.2) is 4.79 Å². The molecule has 0 aliphatic rings. The highest BCUT2D eigenvalue weighted by atomic mass is 16.5. The molecule has 0 aliphatic carbocycles. The van der Waals surface area contributed by atoms with Crippen LogP contribution in [0.3, 0.4) is 0 Å². The number of Topliss-reactive ketones (excluding diaryl/α,β-unsaturated/α-hetero) is 1. The van der Waals surface area contributed by atoms with Crippen molar-refractivity contribution >= 4 is 17.8 Å². The first kappa shape index (κ1) is 17.1. The SMILES string of the molecule is CCCCCCOC(=O)/C=C/c1ccc(C(=O)CO)cc1. The third-order valence-corrected chi connectivity index (χ3v) is 3.03. The summed E-state index contributed by atoms with van der Waals surface area (Å²) >= 11 is 0. The van der Waals surface area contributed by atoms with Gasteiger partial charge in [0.25, 0.3) is 0 Å². The van der Waals surface area contributed by atoms with Crippen molar-refractivity contribution < 1.29 is 19.4 Å². The van der Waals surface area contributed by atoms with Crippen LogP contribution in [-0.2, 0) is 9.53 Å². The first-order chi connectivity index (χ1) is 10.2. The number of hydrogen-bond acceptors (Lipinski definition) is 4. The topological polar surface area (TPSA) is 63.6 Å². The van der Waals surface area contributed by atoms with Gasteiger partial charge in [-0.15, -0.1) is 0 Å². The van der Waals surface area contributed by atoms with E-state index in [0.717, 1.165) is 31.2 Å². The van der Waals surface area contributed by atoms with E-state index in [4.69, 9.17) is 9.84 Å². The zero-order chi connectivity index (χ0) is 15.5. The Labute approximate surface area is 125 Å². The van der Waals surface area contributed by atoms with Gasteiger partial charge in [-0.3, -0.25) is 4.79 Å². The Kier molecular flexibility index (Phi) is 8.05. The maximum absolute atomic E-state index is 11.5. The van der Waals surface area contributed by atoms with E-state index < -0.39 is 6.61 Å². The van der Waals surface area contributed by atoms with Crippen LogP contribution in [0.15, 0.2) is 30.3 Å². The number of rotatable bonds is 9. The molecule has 4 heteroatoms. The van der Waals surface area contributed by atoms with E-state index in [2.05, 4.69) is 6.92 Å². The van der Waals surface area contributed by atoms with Crippen LogP contribution in [0.2, 0.25) is 0 Å². The largest absolute Gasteiger partial charge is 0.463 e. The van der Waals surface area contributed by atoms with Gasteiger partial charge in [0.1, 0.15) is 6.61 Å². The van der Waals surface area contributed by atoms with Gasteiger partial charge in [-0.1, -0.05) is 50.5 Å². The first-order valence-corrected chi connectivity index (χ1v) is 7.26. The minimum Gasteiger partial charge on any atom is -0.463 e. The molecule has 0 heterocycles. The summed E-state index contributed by atoms with van der Waals surface area (Å²) in [6, 6.07) is 6.67. The van der Waals surface area contributed by atoms with Gasteiger partial charge >= 0.3 is 5.97 Å². The molecular weight excluding hydrogens is 268 g/mol. The maximum atomic E-state index is 11.5. The number of aliphatic hydroxyl groups excluding tert-OH is 1. The third-order valence-electron chi connectivity index (χ3n) is 3.03. The fraction of sp³-hybridized carbons (Fsp3) is 0.412. The molecule has 0 unspecified atom stereocenters. The smallest absolute Gasteiger partial charge is 0.330 e. The molecule has 1 aromatic rings. The van der Waals surface area contributed by atoms with Crippen LogP contribution in [0.4, 0.5) is 0 Å². The molecule has 21 heavy (non-hydrogen) atoms. The number of carbonyl (C=O) groups excluding carboxylic acids is 2. The summed E-state index contributed by atoms with van der Waals surface area (Å²) in [6.45, 7) is 2.08. The van der Waals surface area contributed by atoms with Crippen LogP contribution in [0.5, 0.6) is 0 Å². The Hall–Kier alpha value is -1.94. The minimum absolute atomic E-state index is 0.322. The summed E-state index contributed by atoms with van der Waals surface area (Å²) in [5, 5.41) is 8.75. The molecule has 0 spiro atoms. The van der Waals surface area contributed by atoms with Gasteiger partial charge < -0.3 is 9.84 Å². The Balaban J connectivity index is 2.38. The molecule has 0 aromatic heterocycles. The highest BCUT2D eigenvalue weighted by molar-refractivity contribution is 5.97. The zero-order valence-corrected chi connectivity index (χ0v) is 12.4. The van der Waals surface area contributed by atoms with Crippen molar-refractivity contribution in [2.45, 2.75) is 32.6 Å². The lowest BCUT2D eigenvalue weighted by atomic mass is 10.1. The zero-order valence-electron chi connectivity index (χ0n) is 12.4. The minimum atomic E-state index is -0.500. The quantitative estimate of drug-likeness (QED) is 0.329. The fourth-order valence-electron chi connectivity index (χ4n) is 1.79. The van der Waals surface area contributed by atoms with Gasteiger partial charge in [-0.2, -0.15) is 0 Å². The highest BCUT2D eigenvalue weighted by Gasteiger charge is 2.02. The van der Waals surface area contributed by atoms with Crippen molar-refractivity contribution in [3.8, 4) is 0 Å². The van der Waals surface area contributed by atoms with Gasteiger partial charge in [0, 0.05) is 11.6 Å². The van der Waals surface area contributed by atoms with E-state index in [1.165, 1.54) is 6.08 Å². The highest BCUT2D eigenvalue weighted by Crippen LogP contribution is 2.07. The number of carbonyl (C=O) groups is 2. The Morgan fingerprint density at radius 1 is 1.14 bits per heavy atom. The third kappa shape index (κ3) is 6.86. The lowest BCUT2D eigenvalue weighted by Crippen LogP contribution is -2.03. The summed E-state index contributed by atoms with van der Waals surface area (Å²) in [6.07, 6.45) is 7.30. The number of esters is 1. The number of aliphatic hydroxyl groups is 1. The number of benzene rings is 1. The monoisotopic (exact) mass is 290 g/mol. The second-order valence-corrected chi connectivity index (χ2v) is 4.76. The van der Waals surface area contributed by atoms with E-state index in [-0.39, 0.29) is 11.8 Å². The lowest BCUT2D eigenvalue weighted by molar-refractivity contribution is -0.137. The fourth-order valence-corrected chi connectivity index (χ4v) is 1.79. The molecule has 0 atom stereocenters. The normalized spacial score (nSPS) is 10.8. The van der Waals surface area contributed by atoms with Crippen LogP contribution < -0.4 is 0 Å². The van der Waals surface area contributed by atoms with Crippen molar-refractivity contribution in [3.05, 3.63) is 41.5 Å². The molecule has 0 saturated carbocycles. The number of ether oxygens (including phenoxy) is 1. The van der Waals surface area contributed by atoms with Crippen LogP contribution in [0, 0.1) is 0 Å². The Morgan fingerprint density at radius 3 is 2.48 bits per heavy atom. The van der Waals surface area contributed by atoms with Gasteiger partial charge in [-0.05, 0) is 18.1 Å². The van der Waals surface area contributed by atoms with E-state index in [1.807, 2.05) is 0 Å².